The van der Waals surface area contributed by atoms with Gasteiger partial charge in [0, 0.05) is 25.2 Å². The molecule has 1 amide bonds. The maximum atomic E-state index is 12.3. The Hall–Kier alpha value is -1.35. The average molecular weight is 260 g/mol. The second kappa shape index (κ2) is 6.20. The molecule has 3 heteroatoms. The van der Waals surface area contributed by atoms with E-state index in [1.165, 1.54) is 24.0 Å². The zero-order valence-electron chi connectivity index (χ0n) is 12.2. The van der Waals surface area contributed by atoms with E-state index in [2.05, 4.69) is 37.4 Å². The van der Waals surface area contributed by atoms with Gasteiger partial charge in [0.1, 0.15) is 0 Å². The van der Waals surface area contributed by atoms with Crippen LogP contribution < -0.4 is 10.2 Å². The molecular formula is C16H24N2O. The standard InChI is InChI=1S/C16H24N2O/c1-12-8-13(2)10-15(9-12)18(3)16(19)11-14-6-4-5-7-17-14/h8-10,14,17H,4-7,11H2,1-3H3. The number of aryl methyl sites for hydroxylation is 2. The Labute approximate surface area is 116 Å². The lowest BCUT2D eigenvalue weighted by molar-refractivity contribution is -0.118. The first-order valence-corrected chi connectivity index (χ1v) is 7.14. The number of piperidine rings is 1. The minimum absolute atomic E-state index is 0.199. The molecule has 1 saturated heterocycles. The van der Waals surface area contributed by atoms with Crippen LogP contribution in [0.15, 0.2) is 18.2 Å². The molecule has 1 unspecified atom stereocenters. The van der Waals surface area contributed by atoms with E-state index in [-0.39, 0.29) is 5.91 Å². The topological polar surface area (TPSA) is 32.3 Å². The first-order valence-electron chi connectivity index (χ1n) is 7.14. The summed E-state index contributed by atoms with van der Waals surface area (Å²) in [6, 6.07) is 6.62. The highest BCUT2D eigenvalue weighted by Gasteiger charge is 2.19. The lowest BCUT2D eigenvalue weighted by Gasteiger charge is -2.26. The fraction of sp³-hybridized carbons (Fsp3) is 0.562. The van der Waals surface area contributed by atoms with Crippen LogP contribution in [0.1, 0.15) is 36.8 Å². The van der Waals surface area contributed by atoms with E-state index in [0.29, 0.717) is 12.5 Å². The van der Waals surface area contributed by atoms with Gasteiger partial charge >= 0.3 is 0 Å². The number of nitrogens with one attached hydrogen (secondary N) is 1. The predicted octanol–water partition coefficient (Wildman–Crippen LogP) is 2.80. The van der Waals surface area contributed by atoms with Crippen LogP contribution in [0.5, 0.6) is 0 Å². The third-order valence-corrected chi connectivity index (χ3v) is 3.80. The number of carbonyl (C=O) groups excluding carboxylic acids is 1. The molecule has 1 aliphatic heterocycles. The molecule has 1 fully saturated rings. The third kappa shape index (κ3) is 3.80. The van der Waals surface area contributed by atoms with Crippen molar-refractivity contribution in [2.75, 3.05) is 18.5 Å². The van der Waals surface area contributed by atoms with Crippen molar-refractivity contribution >= 4 is 11.6 Å². The second-order valence-electron chi connectivity index (χ2n) is 5.65. The highest BCUT2D eigenvalue weighted by atomic mass is 16.2. The number of hydrogen-bond donors (Lipinski definition) is 1. The maximum absolute atomic E-state index is 12.3. The Morgan fingerprint density at radius 1 is 1.26 bits per heavy atom. The number of amides is 1. The lowest BCUT2D eigenvalue weighted by Crippen LogP contribution is -2.39. The Bertz CT molecular complexity index is 430. The summed E-state index contributed by atoms with van der Waals surface area (Å²) < 4.78 is 0. The predicted molar refractivity (Wildman–Crippen MR) is 79.6 cm³/mol. The van der Waals surface area contributed by atoms with Crippen molar-refractivity contribution < 1.29 is 4.79 Å². The van der Waals surface area contributed by atoms with Crippen LogP contribution in [0.3, 0.4) is 0 Å². The van der Waals surface area contributed by atoms with E-state index in [0.717, 1.165) is 18.7 Å². The van der Waals surface area contributed by atoms with Crippen LogP contribution in [0.2, 0.25) is 0 Å². The van der Waals surface area contributed by atoms with Crippen LogP contribution in [-0.4, -0.2) is 25.5 Å². The van der Waals surface area contributed by atoms with Gasteiger partial charge in [-0.05, 0) is 56.5 Å². The summed E-state index contributed by atoms with van der Waals surface area (Å²) in [6.45, 7) is 5.18. The van der Waals surface area contributed by atoms with Crippen LogP contribution in [0, 0.1) is 13.8 Å². The van der Waals surface area contributed by atoms with E-state index in [4.69, 9.17) is 0 Å². The molecule has 1 atom stereocenters. The van der Waals surface area contributed by atoms with Gasteiger partial charge in [0.2, 0.25) is 5.91 Å². The number of anilines is 1. The van der Waals surface area contributed by atoms with Gasteiger partial charge in [-0.25, -0.2) is 0 Å². The molecule has 1 aliphatic rings. The van der Waals surface area contributed by atoms with Gasteiger partial charge in [-0.2, -0.15) is 0 Å². The summed E-state index contributed by atoms with van der Waals surface area (Å²) in [7, 11) is 1.87. The Morgan fingerprint density at radius 2 is 1.95 bits per heavy atom. The molecule has 1 N–H and O–H groups in total. The summed E-state index contributed by atoms with van der Waals surface area (Å²) >= 11 is 0. The van der Waals surface area contributed by atoms with Gasteiger partial charge in [0.25, 0.3) is 0 Å². The van der Waals surface area contributed by atoms with Crippen molar-refractivity contribution in [3.8, 4) is 0 Å². The normalized spacial score (nSPS) is 19.2. The van der Waals surface area contributed by atoms with Crippen LogP contribution >= 0.6 is 0 Å². The van der Waals surface area contributed by atoms with Crippen molar-refractivity contribution in [1.29, 1.82) is 0 Å². The zero-order valence-corrected chi connectivity index (χ0v) is 12.2. The van der Waals surface area contributed by atoms with Gasteiger partial charge in [-0.3, -0.25) is 4.79 Å². The molecule has 104 valence electrons. The molecule has 1 aromatic carbocycles. The molecule has 1 heterocycles. The van der Waals surface area contributed by atoms with Crippen molar-refractivity contribution in [3.63, 3.8) is 0 Å². The van der Waals surface area contributed by atoms with Gasteiger partial charge in [0.05, 0.1) is 0 Å². The molecular weight excluding hydrogens is 236 g/mol. The Kier molecular flexibility index (Phi) is 4.59. The molecule has 0 aliphatic carbocycles. The summed E-state index contributed by atoms with van der Waals surface area (Å²) in [6.07, 6.45) is 4.19. The van der Waals surface area contributed by atoms with E-state index in [1.54, 1.807) is 4.90 Å². The number of rotatable bonds is 3. The Balaban J connectivity index is 2.01. The van der Waals surface area contributed by atoms with Crippen molar-refractivity contribution in [3.05, 3.63) is 29.3 Å². The van der Waals surface area contributed by atoms with Crippen molar-refractivity contribution in [2.24, 2.45) is 0 Å². The number of nitrogens with zero attached hydrogens (tertiary/aromatic N) is 1. The molecule has 0 spiro atoms. The van der Waals surface area contributed by atoms with E-state index in [9.17, 15) is 4.79 Å². The summed E-state index contributed by atoms with van der Waals surface area (Å²) in [5.74, 6) is 0.199. The molecule has 0 bridgehead atoms. The number of benzene rings is 1. The molecule has 0 saturated carbocycles. The Morgan fingerprint density at radius 3 is 2.53 bits per heavy atom. The summed E-state index contributed by atoms with van der Waals surface area (Å²) in [5.41, 5.74) is 3.40. The summed E-state index contributed by atoms with van der Waals surface area (Å²) in [4.78, 5) is 14.1. The number of hydrogen-bond acceptors (Lipinski definition) is 2. The molecule has 19 heavy (non-hydrogen) atoms. The van der Waals surface area contributed by atoms with E-state index < -0.39 is 0 Å². The van der Waals surface area contributed by atoms with Crippen LogP contribution in [-0.2, 0) is 4.79 Å². The monoisotopic (exact) mass is 260 g/mol. The minimum Gasteiger partial charge on any atom is -0.315 e. The van der Waals surface area contributed by atoms with Crippen molar-refractivity contribution in [1.82, 2.24) is 5.32 Å². The number of carbonyl (C=O) groups is 1. The van der Waals surface area contributed by atoms with E-state index in [1.807, 2.05) is 7.05 Å². The van der Waals surface area contributed by atoms with Crippen LogP contribution in [0.25, 0.3) is 0 Å². The van der Waals surface area contributed by atoms with E-state index >= 15 is 0 Å². The zero-order chi connectivity index (χ0) is 13.8. The fourth-order valence-corrected chi connectivity index (χ4v) is 2.73. The molecule has 3 nitrogen and oxygen atoms in total. The third-order valence-electron chi connectivity index (χ3n) is 3.80. The van der Waals surface area contributed by atoms with Gasteiger partial charge < -0.3 is 10.2 Å². The van der Waals surface area contributed by atoms with Gasteiger partial charge in [-0.1, -0.05) is 12.5 Å². The minimum atomic E-state index is 0.199. The lowest BCUT2D eigenvalue weighted by atomic mass is 10.0. The maximum Gasteiger partial charge on any atom is 0.228 e. The van der Waals surface area contributed by atoms with Gasteiger partial charge in [-0.15, -0.1) is 0 Å². The average Bonchev–Trinajstić information content (AvgIpc) is 2.37. The largest absolute Gasteiger partial charge is 0.315 e. The van der Waals surface area contributed by atoms with Gasteiger partial charge in [0.15, 0.2) is 0 Å². The molecule has 2 rings (SSSR count). The smallest absolute Gasteiger partial charge is 0.228 e. The highest BCUT2D eigenvalue weighted by molar-refractivity contribution is 5.93. The molecule has 0 radical (unpaired) electrons. The quantitative estimate of drug-likeness (QED) is 0.906. The SMILES string of the molecule is Cc1cc(C)cc(N(C)C(=O)CC2CCCCN2)c1. The molecule has 0 aromatic heterocycles. The first-order chi connectivity index (χ1) is 9.06. The highest BCUT2D eigenvalue weighted by Crippen LogP contribution is 2.19. The second-order valence-corrected chi connectivity index (χ2v) is 5.65. The fourth-order valence-electron chi connectivity index (χ4n) is 2.73. The first kappa shape index (κ1) is 14.1. The summed E-state index contributed by atoms with van der Waals surface area (Å²) in [5, 5.41) is 3.43. The molecule has 1 aromatic rings. The van der Waals surface area contributed by atoms with Crippen molar-refractivity contribution in [2.45, 2.75) is 45.6 Å². The van der Waals surface area contributed by atoms with Crippen LogP contribution in [0.4, 0.5) is 5.69 Å².